The molecule has 0 saturated carbocycles. The lowest BCUT2D eigenvalue weighted by molar-refractivity contribution is -0.175. The summed E-state index contributed by atoms with van der Waals surface area (Å²) in [5.41, 5.74) is 7.45. The van der Waals surface area contributed by atoms with Crippen LogP contribution in [0.25, 0.3) is 11.2 Å². The first-order valence-corrected chi connectivity index (χ1v) is 12.3. The first-order valence-electron chi connectivity index (χ1n) is 11.9. The minimum absolute atomic E-state index is 0.0465. The number of nitrogen functional groups attached to an aromatic ring is 1. The Kier molecular flexibility index (Phi) is 9.45. The highest BCUT2D eigenvalue weighted by Crippen LogP contribution is 2.25. The number of carboxylic acids is 2. The van der Waals surface area contributed by atoms with Crippen LogP contribution in [0.5, 0.6) is 0 Å². The number of hydrogen-bond donors (Lipinski definition) is 5. The molecule has 6 N–H and O–H groups in total. The fraction of sp³-hybridized carbons (Fsp3) is 0.280. The molecule has 41 heavy (non-hydrogen) atoms. The molecular weight excluding hydrogens is 562 g/mol. The van der Waals surface area contributed by atoms with E-state index in [9.17, 15) is 19.8 Å². The third-order valence-electron chi connectivity index (χ3n) is 5.57. The highest BCUT2D eigenvalue weighted by atomic mass is 35.5. The minimum atomic E-state index is -2.21. The molecule has 0 fully saturated rings. The van der Waals surface area contributed by atoms with Crippen LogP contribution in [0.15, 0.2) is 48.9 Å². The van der Waals surface area contributed by atoms with Gasteiger partial charge in [-0.15, -0.1) is 0 Å². The second kappa shape index (κ2) is 13.2. The van der Waals surface area contributed by atoms with E-state index >= 15 is 0 Å². The molecule has 0 aliphatic rings. The SMILES string of the molecule is Nc1nc(Cl)nc2c1ncn2[C@H](O[C@@H](CO)COC(C(=O)O)C(=O)O)[C@H](O)C#Cc1ccn(Cc2ccccc2)n1. The highest BCUT2D eigenvalue weighted by molar-refractivity contribution is 6.28. The second-order valence-electron chi connectivity index (χ2n) is 8.52. The van der Waals surface area contributed by atoms with Crippen molar-refractivity contribution in [3.63, 3.8) is 0 Å². The number of aliphatic hydroxyl groups excluding tert-OH is 2. The lowest BCUT2D eigenvalue weighted by atomic mass is 10.2. The zero-order chi connectivity index (χ0) is 29.5. The number of fused-ring (bicyclic) bond motifs is 1. The molecule has 0 radical (unpaired) electrons. The molecule has 3 atom stereocenters. The number of aliphatic carboxylic acids is 2. The molecule has 0 saturated heterocycles. The van der Waals surface area contributed by atoms with E-state index < -0.39 is 49.7 Å². The number of benzene rings is 1. The van der Waals surface area contributed by atoms with E-state index in [-0.39, 0.29) is 22.3 Å². The van der Waals surface area contributed by atoms with Gasteiger partial charge in [-0.05, 0) is 29.2 Å². The molecule has 0 aliphatic carbocycles. The Labute approximate surface area is 236 Å². The summed E-state index contributed by atoms with van der Waals surface area (Å²) < 4.78 is 13.6. The predicted molar refractivity (Wildman–Crippen MR) is 141 cm³/mol. The molecular formula is C25H24ClN7O8. The molecule has 3 heterocycles. The van der Waals surface area contributed by atoms with Crippen molar-refractivity contribution >= 4 is 40.5 Å². The molecule has 214 valence electrons. The monoisotopic (exact) mass is 585 g/mol. The Morgan fingerprint density at radius 2 is 1.85 bits per heavy atom. The number of carboxylic acid groups (broad SMARTS) is 2. The maximum atomic E-state index is 11.2. The number of carbonyl (C=O) groups is 2. The Morgan fingerprint density at radius 3 is 2.54 bits per heavy atom. The predicted octanol–water partition coefficient (Wildman–Crippen LogP) is 0.150. The molecule has 4 aromatic rings. The van der Waals surface area contributed by atoms with Gasteiger partial charge in [0.25, 0.3) is 6.10 Å². The summed E-state index contributed by atoms with van der Waals surface area (Å²) in [4.78, 5) is 34.4. The highest BCUT2D eigenvalue weighted by Gasteiger charge is 2.31. The fourth-order valence-electron chi connectivity index (χ4n) is 3.68. The van der Waals surface area contributed by atoms with Gasteiger partial charge in [0.1, 0.15) is 17.3 Å². The van der Waals surface area contributed by atoms with Gasteiger partial charge in [0.2, 0.25) is 5.28 Å². The van der Waals surface area contributed by atoms with Gasteiger partial charge >= 0.3 is 11.9 Å². The standard InChI is InChI=1S/C25H24ClN7O8/c26-25-29-20(27)18-21(30-25)33(13-28-18)22(41-16(11-34)12-40-19(23(36)37)24(38)39)17(35)7-6-15-8-9-32(31-15)10-14-4-2-1-3-5-14/h1-5,8-9,13,16-17,19,22,34-35H,10-12H2,(H,36,37)(H,38,39)(H2,27,29,30)/t16-,17+,22+/m0/s1. The Morgan fingerprint density at radius 1 is 1.12 bits per heavy atom. The maximum absolute atomic E-state index is 11.2. The number of rotatable bonds is 12. The molecule has 16 heteroatoms. The van der Waals surface area contributed by atoms with E-state index in [2.05, 4.69) is 31.9 Å². The summed E-state index contributed by atoms with van der Waals surface area (Å²) in [6.07, 6.45) is -3.60. The van der Waals surface area contributed by atoms with Gasteiger partial charge in [-0.3, -0.25) is 9.25 Å². The summed E-state index contributed by atoms with van der Waals surface area (Å²) in [6.45, 7) is -0.895. The van der Waals surface area contributed by atoms with Crippen molar-refractivity contribution in [2.75, 3.05) is 18.9 Å². The molecule has 0 bridgehead atoms. The van der Waals surface area contributed by atoms with Crippen LogP contribution in [0, 0.1) is 11.8 Å². The molecule has 0 spiro atoms. The molecule has 0 amide bonds. The van der Waals surface area contributed by atoms with E-state index in [4.69, 9.17) is 37.0 Å². The average Bonchev–Trinajstić information content (AvgIpc) is 3.56. The number of imidazole rings is 1. The van der Waals surface area contributed by atoms with E-state index in [0.29, 0.717) is 12.2 Å². The van der Waals surface area contributed by atoms with Gasteiger partial charge in [-0.2, -0.15) is 15.1 Å². The zero-order valence-corrected chi connectivity index (χ0v) is 21.9. The normalized spacial score (nSPS) is 13.5. The number of nitrogens with zero attached hydrogens (tertiary/aromatic N) is 6. The molecule has 15 nitrogen and oxygen atoms in total. The van der Waals surface area contributed by atoms with Crippen molar-refractivity contribution in [1.82, 2.24) is 29.3 Å². The molecule has 0 aliphatic heterocycles. The average molecular weight is 586 g/mol. The summed E-state index contributed by atoms with van der Waals surface area (Å²) in [5, 5.41) is 43.2. The third-order valence-corrected chi connectivity index (χ3v) is 5.74. The van der Waals surface area contributed by atoms with Crippen molar-refractivity contribution in [1.29, 1.82) is 0 Å². The van der Waals surface area contributed by atoms with Crippen LogP contribution < -0.4 is 5.73 Å². The van der Waals surface area contributed by atoms with Crippen LogP contribution in [0.3, 0.4) is 0 Å². The van der Waals surface area contributed by atoms with Crippen molar-refractivity contribution in [3.05, 3.63) is 65.5 Å². The summed E-state index contributed by atoms with van der Waals surface area (Å²) in [6, 6.07) is 11.3. The zero-order valence-electron chi connectivity index (χ0n) is 21.1. The largest absolute Gasteiger partial charge is 0.479 e. The van der Waals surface area contributed by atoms with Crippen molar-refractivity contribution in [3.8, 4) is 11.8 Å². The number of hydrogen-bond acceptors (Lipinski definition) is 11. The third kappa shape index (κ3) is 7.33. The Bertz CT molecular complexity index is 1570. The van der Waals surface area contributed by atoms with Crippen molar-refractivity contribution in [2.45, 2.75) is 31.1 Å². The van der Waals surface area contributed by atoms with E-state index in [1.165, 1.54) is 10.9 Å². The van der Waals surface area contributed by atoms with Crippen LogP contribution in [-0.2, 0) is 25.6 Å². The van der Waals surface area contributed by atoms with Crippen LogP contribution in [0.1, 0.15) is 17.5 Å². The summed E-state index contributed by atoms with van der Waals surface area (Å²) in [5.74, 6) is 1.85. The summed E-state index contributed by atoms with van der Waals surface area (Å²) in [7, 11) is 0. The topological polar surface area (TPSA) is 221 Å². The number of ether oxygens (including phenoxy) is 2. The van der Waals surface area contributed by atoms with Gasteiger partial charge < -0.3 is 35.6 Å². The summed E-state index contributed by atoms with van der Waals surface area (Å²) >= 11 is 5.96. The molecule has 1 aromatic carbocycles. The van der Waals surface area contributed by atoms with Gasteiger partial charge in [0, 0.05) is 6.20 Å². The first kappa shape index (κ1) is 29.4. The lowest BCUT2D eigenvalue weighted by Gasteiger charge is -2.26. The van der Waals surface area contributed by atoms with Crippen LogP contribution >= 0.6 is 11.6 Å². The number of aromatic nitrogens is 6. The lowest BCUT2D eigenvalue weighted by Crippen LogP contribution is -2.38. The van der Waals surface area contributed by atoms with E-state index in [0.717, 1.165) is 5.56 Å². The van der Waals surface area contributed by atoms with Crippen LogP contribution in [-0.4, -0.2) is 93.2 Å². The van der Waals surface area contributed by atoms with Gasteiger partial charge in [-0.25, -0.2) is 14.6 Å². The molecule has 4 rings (SSSR count). The fourth-order valence-corrected chi connectivity index (χ4v) is 3.85. The second-order valence-corrected chi connectivity index (χ2v) is 8.86. The Hall–Kier alpha value is -4.59. The van der Waals surface area contributed by atoms with Gasteiger partial charge in [0.15, 0.2) is 23.8 Å². The van der Waals surface area contributed by atoms with Crippen molar-refractivity contribution < 1.29 is 39.5 Å². The quantitative estimate of drug-likeness (QED) is 0.0849. The number of aliphatic hydroxyl groups is 2. The first-order chi connectivity index (χ1) is 19.7. The minimum Gasteiger partial charge on any atom is -0.479 e. The molecule has 0 unspecified atom stereocenters. The molecule has 3 aromatic heterocycles. The number of halogens is 1. The van der Waals surface area contributed by atoms with E-state index in [1.807, 2.05) is 30.3 Å². The number of anilines is 1. The smallest absolute Gasteiger partial charge is 0.344 e. The van der Waals surface area contributed by atoms with E-state index in [1.54, 1.807) is 16.9 Å². The van der Waals surface area contributed by atoms with Crippen LogP contribution in [0.2, 0.25) is 5.28 Å². The van der Waals surface area contributed by atoms with Crippen molar-refractivity contribution in [2.24, 2.45) is 0 Å². The van der Waals surface area contributed by atoms with Crippen LogP contribution in [0.4, 0.5) is 5.82 Å². The number of nitrogens with two attached hydrogens (primary N) is 1. The van der Waals surface area contributed by atoms with Gasteiger partial charge in [-0.1, -0.05) is 36.3 Å². The van der Waals surface area contributed by atoms with Gasteiger partial charge in [0.05, 0.1) is 26.1 Å². The maximum Gasteiger partial charge on any atom is 0.344 e. The Balaban J connectivity index is 1.60.